The van der Waals surface area contributed by atoms with Crippen molar-refractivity contribution in [3.63, 3.8) is 0 Å². The van der Waals surface area contributed by atoms with Gasteiger partial charge in [-0.05, 0) is 19.3 Å². The first-order valence-corrected chi connectivity index (χ1v) is 4.72. The number of hydrogen-bond acceptors (Lipinski definition) is 3. The zero-order chi connectivity index (χ0) is 7.52. The van der Waals surface area contributed by atoms with Crippen molar-refractivity contribution in [2.45, 2.75) is 38.1 Å². The third-order valence-electron chi connectivity index (χ3n) is 2.70. The van der Waals surface area contributed by atoms with E-state index in [0.717, 1.165) is 12.6 Å². The minimum absolute atomic E-state index is 0.804. The molecule has 2 rings (SSSR count). The average molecular weight is 155 g/mol. The quantitative estimate of drug-likeness (QED) is 0.537. The van der Waals surface area contributed by atoms with Crippen molar-refractivity contribution in [3.05, 3.63) is 0 Å². The van der Waals surface area contributed by atoms with Gasteiger partial charge < -0.3 is 0 Å². The molecule has 0 bridgehead atoms. The Bertz CT molecular complexity index is 113. The Labute approximate surface area is 68.1 Å². The summed E-state index contributed by atoms with van der Waals surface area (Å²) >= 11 is 0. The molecule has 2 N–H and O–H groups in total. The fourth-order valence-electron chi connectivity index (χ4n) is 2.02. The zero-order valence-electron chi connectivity index (χ0n) is 6.97. The molecule has 0 amide bonds. The predicted octanol–water partition coefficient (Wildman–Crippen LogP) is 0.644. The monoisotopic (exact) mass is 155 g/mol. The SMILES string of the molecule is C1CCC2CCNNN2CC1. The molecule has 1 atom stereocenters. The highest BCUT2D eigenvalue weighted by Gasteiger charge is 2.22. The molecule has 0 aromatic heterocycles. The standard InChI is InChI=1S/C8H17N3/c1-2-4-8-5-6-9-10-11(8)7-3-1/h8-10H,1-7H2. The second kappa shape index (κ2) is 3.52. The summed E-state index contributed by atoms with van der Waals surface area (Å²) in [5.41, 5.74) is 6.43. The Morgan fingerprint density at radius 2 is 2.09 bits per heavy atom. The Morgan fingerprint density at radius 3 is 3.09 bits per heavy atom. The van der Waals surface area contributed by atoms with Gasteiger partial charge in [-0.25, -0.2) is 10.4 Å². The van der Waals surface area contributed by atoms with E-state index in [1.54, 1.807) is 0 Å². The van der Waals surface area contributed by atoms with E-state index in [-0.39, 0.29) is 0 Å². The summed E-state index contributed by atoms with van der Waals surface area (Å²) in [6.45, 7) is 2.35. The van der Waals surface area contributed by atoms with Crippen LogP contribution in [0.15, 0.2) is 0 Å². The van der Waals surface area contributed by atoms with Crippen molar-refractivity contribution in [3.8, 4) is 0 Å². The average Bonchev–Trinajstić information content (AvgIpc) is 2.28. The van der Waals surface area contributed by atoms with Gasteiger partial charge in [-0.3, -0.25) is 0 Å². The molecule has 0 radical (unpaired) electrons. The van der Waals surface area contributed by atoms with Gasteiger partial charge in [0, 0.05) is 19.1 Å². The number of fused-ring (bicyclic) bond motifs is 1. The van der Waals surface area contributed by atoms with Crippen LogP contribution in [0, 0.1) is 0 Å². The fourth-order valence-corrected chi connectivity index (χ4v) is 2.02. The van der Waals surface area contributed by atoms with Crippen molar-refractivity contribution in [1.29, 1.82) is 0 Å². The summed E-state index contributed by atoms with van der Waals surface area (Å²) in [6.07, 6.45) is 6.88. The molecule has 0 saturated carbocycles. The van der Waals surface area contributed by atoms with Crippen molar-refractivity contribution < 1.29 is 0 Å². The van der Waals surface area contributed by atoms with Crippen LogP contribution in [0.3, 0.4) is 0 Å². The third-order valence-corrected chi connectivity index (χ3v) is 2.70. The van der Waals surface area contributed by atoms with Gasteiger partial charge in [0.05, 0.1) is 0 Å². The van der Waals surface area contributed by atoms with E-state index in [1.165, 1.54) is 38.6 Å². The molecule has 2 aliphatic rings. The van der Waals surface area contributed by atoms with Gasteiger partial charge in [0.25, 0.3) is 0 Å². The molecular formula is C8H17N3. The van der Waals surface area contributed by atoms with Gasteiger partial charge >= 0.3 is 0 Å². The predicted molar refractivity (Wildman–Crippen MR) is 44.7 cm³/mol. The number of nitrogens with one attached hydrogen (secondary N) is 2. The van der Waals surface area contributed by atoms with E-state index >= 15 is 0 Å². The lowest BCUT2D eigenvalue weighted by Gasteiger charge is -2.34. The van der Waals surface area contributed by atoms with Gasteiger partial charge in [-0.2, -0.15) is 5.53 Å². The van der Waals surface area contributed by atoms with E-state index in [0.29, 0.717) is 0 Å². The molecule has 2 fully saturated rings. The molecule has 64 valence electrons. The highest BCUT2D eigenvalue weighted by molar-refractivity contribution is 4.75. The van der Waals surface area contributed by atoms with Crippen LogP contribution in [0.4, 0.5) is 0 Å². The maximum Gasteiger partial charge on any atom is 0.0269 e. The summed E-state index contributed by atoms with van der Waals surface area (Å²) in [7, 11) is 0. The minimum atomic E-state index is 0.804. The molecule has 11 heavy (non-hydrogen) atoms. The van der Waals surface area contributed by atoms with E-state index in [1.807, 2.05) is 0 Å². The number of hydrogen-bond donors (Lipinski definition) is 2. The molecule has 0 aliphatic carbocycles. The highest BCUT2D eigenvalue weighted by Crippen LogP contribution is 2.18. The number of rotatable bonds is 0. The van der Waals surface area contributed by atoms with Crippen molar-refractivity contribution >= 4 is 0 Å². The lowest BCUT2D eigenvalue weighted by molar-refractivity contribution is 0.0588. The largest absolute Gasteiger partial charge is 0.244 e. The lowest BCUT2D eigenvalue weighted by atomic mass is 10.1. The Hall–Kier alpha value is -0.120. The molecular weight excluding hydrogens is 138 g/mol. The topological polar surface area (TPSA) is 27.3 Å². The first kappa shape index (κ1) is 7.53. The van der Waals surface area contributed by atoms with Crippen LogP contribution < -0.4 is 11.0 Å². The normalized spacial score (nSPS) is 34.4. The molecule has 2 aliphatic heterocycles. The van der Waals surface area contributed by atoms with Crippen LogP contribution in [0.2, 0.25) is 0 Å². The van der Waals surface area contributed by atoms with Crippen LogP contribution >= 0.6 is 0 Å². The Kier molecular flexibility index (Phi) is 2.41. The molecule has 3 heteroatoms. The van der Waals surface area contributed by atoms with Crippen molar-refractivity contribution in [1.82, 2.24) is 16.0 Å². The summed E-state index contributed by atoms with van der Waals surface area (Å²) in [4.78, 5) is 0. The van der Waals surface area contributed by atoms with Gasteiger partial charge in [-0.15, -0.1) is 0 Å². The smallest absolute Gasteiger partial charge is 0.0269 e. The molecule has 3 nitrogen and oxygen atoms in total. The molecule has 1 unspecified atom stereocenters. The van der Waals surface area contributed by atoms with E-state index in [4.69, 9.17) is 0 Å². The van der Waals surface area contributed by atoms with E-state index in [2.05, 4.69) is 16.0 Å². The molecule has 2 heterocycles. The second-order valence-corrected chi connectivity index (χ2v) is 3.52. The number of nitrogens with zero attached hydrogens (tertiary/aromatic N) is 1. The maximum atomic E-state index is 3.24. The fraction of sp³-hybridized carbons (Fsp3) is 1.00. The molecule has 0 spiro atoms. The van der Waals surface area contributed by atoms with Gasteiger partial charge in [0.15, 0.2) is 0 Å². The van der Waals surface area contributed by atoms with E-state index in [9.17, 15) is 0 Å². The van der Waals surface area contributed by atoms with Crippen LogP contribution in [0.25, 0.3) is 0 Å². The summed E-state index contributed by atoms with van der Waals surface area (Å²) in [5.74, 6) is 0. The van der Waals surface area contributed by atoms with Crippen molar-refractivity contribution in [2.75, 3.05) is 13.1 Å². The van der Waals surface area contributed by atoms with Gasteiger partial charge in [-0.1, -0.05) is 12.8 Å². The molecule has 0 aromatic rings. The number of hydrazine groups is 2. The van der Waals surface area contributed by atoms with Gasteiger partial charge in [0.1, 0.15) is 0 Å². The van der Waals surface area contributed by atoms with E-state index < -0.39 is 0 Å². The highest BCUT2D eigenvalue weighted by atomic mass is 15.7. The molecule has 0 aromatic carbocycles. The summed E-state index contributed by atoms with van der Waals surface area (Å²) in [5, 5.41) is 2.37. The Morgan fingerprint density at radius 1 is 1.09 bits per heavy atom. The summed E-state index contributed by atoms with van der Waals surface area (Å²) in [6, 6.07) is 0.804. The van der Waals surface area contributed by atoms with Gasteiger partial charge in [0.2, 0.25) is 0 Å². The van der Waals surface area contributed by atoms with Crippen molar-refractivity contribution in [2.24, 2.45) is 0 Å². The zero-order valence-corrected chi connectivity index (χ0v) is 6.97. The van der Waals surface area contributed by atoms with Crippen LogP contribution in [-0.2, 0) is 0 Å². The maximum absolute atomic E-state index is 3.24. The van der Waals surface area contributed by atoms with Crippen LogP contribution in [-0.4, -0.2) is 24.1 Å². The first-order chi connectivity index (χ1) is 5.47. The van der Waals surface area contributed by atoms with Crippen LogP contribution in [0.1, 0.15) is 32.1 Å². The summed E-state index contributed by atoms with van der Waals surface area (Å²) < 4.78 is 0. The molecule has 2 saturated heterocycles. The minimum Gasteiger partial charge on any atom is -0.244 e. The lowest BCUT2D eigenvalue weighted by Crippen LogP contribution is -2.57. The third kappa shape index (κ3) is 1.72. The Balaban J connectivity index is 1.93. The second-order valence-electron chi connectivity index (χ2n) is 3.52. The van der Waals surface area contributed by atoms with Crippen LogP contribution in [0.5, 0.6) is 0 Å². The first-order valence-electron chi connectivity index (χ1n) is 4.72.